The topological polar surface area (TPSA) is 63.9 Å². The summed E-state index contributed by atoms with van der Waals surface area (Å²) >= 11 is 0. The smallest absolute Gasteiger partial charge is 0.340 e. The highest BCUT2D eigenvalue weighted by molar-refractivity contribution is 5.88. The maximum absolute atomic E-state index is 11.2. The molecule has 0 bridgehead atoms. The second kappa shape index (κ2) is 2.93. The lowest BCUT2D eigenvalue weighted by Gasteiger charge is -1.96. The van der Waals surface area contributed by atoms with Crippen molar-refractivity contribution >= 4 is 5.97 Å². The van der Waals surface area contributed by atoms with E-state index in [0.29, 0.717) is 23.1 Å². The van der Waals surface area contributed by atoms with E-state index < -0.39 is 5.97 Å². The molecule has 0 unspecified atom stereocenters. The van der Waals surface area contributed by atoms with Gasteiger partial charge in [-0.05, 0) is 6.07 Å². The molecule has 66 valence electrons. The van der Waals surface area contributed by atoms with Crippen LogP contribution in [0.15, 0.2) is 22.2 Å². The number of nitrogens with zero attached hydrogens (tertiary/aromatic N) is 3. The predicted molar refractivity (Wildman–Crippen MR) is 42.8 cm³/mol. The summed E-state index contributed by atoms with van der Waals surface area (Å²) in [6.45, 7) is 0.344. The minimum atomic E-state index is -0.403. The Bertz CT molecular complexity index is 467. The number of carbonyl (C=O) groups is 1. The maximum Gasteiger partial charge on any atom is 0.340 e. The first kappa shape index (κ1) is 7.85. The first-order valence-corrected chi connectivity index (χ1v) is 3.75. The molecule has 0 N–H and O–H groups in total. The van der Waals surface area contributed by atoms with Crippen LogP contribution in [-0.4, -0.2) is 24.7 Å². The minimum absolute atomic E-state index is 0.344. The Morgan fingerprint density at radius 3 is 3.15 bits per heavy atom. The predicted octanol–water partition coefficient (Wildman–Crippen LogP) is -0.922. The molecule has 0 aliphatic carbocycles. The van der Waals surface area contributed by atoms with Gasteiger partial charge < -0.3 is 4.74 Å². The molecule has 1 aliphatic rings. The number of rotatable bonds is 1. The molecule has 2 heterocycles. The van der Waals surface area contributed by atoms with Gasteiger partial charge in [-0.2, -0.15) is 0 Å². The van der Waals surface area contributed by atoms with Crippen molar-refractivity contribution in [2.24, 2.45) is 9.98 Å². The van der Waals surface area contributed by atoms with Crippen LogP contribution in [0.25, 0.3) is 0 Å². The van der Waals surface area contributed by atoms with E-state index in [1.807, 2.05) is 0 Å². The number of carbonyl (C=O) groups excluding carboxylic acids is 1. The number of pyridine rings is 1. The first-order chi connectivity index (χ1) is 6.33. The summed E-state index contributed by atoms with van der Waals surface area (Å²) in [6, 6.07) is 1.58. The van der Waals surface area contributed by atoms with Crippen LogP contribution in [0.5, 0.6) is 0 Å². The van der Waals surface area contributed by atoms with Gasteiger partial charge >= 0.3 is 5.97 Å². The lowest BCUT2D eigenvalue weighted by molar-refractivity contribution is 0.0598. The fourth-order valence-corrected chi connectivity index (χ4v) is 1.16. The van der Waals surface area contributed by atoms with Gasteiger partial charge in [-0.1, -0.05) is 0 Å². The molecule has 0 fully saturated rings. The van der Waals surface area contributed by atoms with E-state index in [1.54, 1.807) is 6.07 Å². The highest BCUT2D eigenvalue weighted by Crippen LogP contribution is 1.91. The lowest BCUT2D eigenvalue weighted by Crippen LogP contribution is -2.31. The molecule has 0 saturated carbocycles. The van der Waals surface area contributed by atoms with Crippen molar-refractivity contribution in [3.8, 4) is 0 Å². The quantitative estimate of drug-likeness (QED) is 0.521. The molecule has 13 heavy (non-hydrogen) atoms. The molecule has 0 saturated heterocycles. The molecule has 5 nitrogen and oxygen atoms in total. The van der Waals surface area contributed by atoms with Crippen molar-refractivity contribution in [3.05, 3.63) is 28.7 Å². The Hall–Kier alpha value is -1.78. The van der Waals surface area contributed by atoms with Crippen molar-refractivity contribution in [2.75, 3.05) is 13.8 Å². The highest BCUT2D eigenvalue weighted by atomic mass is 16.5. The molecule has 0 spiro atoms. The molecule has 1 aromatic rings. The van der Waals surface area contributed by atoms with Crippen molar-refractivity contribution in [1.82, 2.24) is 4.98 Å². The van der Waals surface area contributed by atoms with Gasteiger partial charge in [0, 0.05) is 6.20 Å². The van der Waals surface area contributed by atoms with Gasteiger partial charge in [0.15, 0.2) is 5.49 Å². The van der Waals surface area contributed by atoms with Crippen molar-refractivity contribution in [3.63, 3.8) is 0 Å². The average Bonchev–Trinajstić information content (AvgIpc) is 2.63. The number of methoxy groups -OCH3 is 1. The fourth-order valence-electron chi connectivity index (χ4n) is 1.16. The van der Waals surface area contributed by atoms with E-state index in [-0.39, 0.29) is 0 Å². The van der Waals surface area contributed by atoms with Gasteiger partial charge in [-0.3, -0.25) is 4.99 Å². The normalized spacial score (nSPS) is 12.7. The Morgan fingerprint density at radius 2 is 2.38 bits per heavy atom. The van der Waals surface area contributed by atoms with Gasteiger partial charge in [0.1, 0.15) is 12.0 Å². The number of fused-ring (bicyclic) bond motifs is 1. The third kappa shape index (κ3) is 1.18. The van der Waals surface area contributed by atoms with E-state index >= 15 is 0 Å². The third-order valence-electron chi connectivity index (χ3n) is 1.76. The van der Waals surface area contributed by atoms with Crippen molar-refractivity contribution < 1.29 is 9.53 Å². The summed E-state index contributed by atoms with van der Waals surface area (Å²) in [5.74, 6) is -0.403. The number of ether oxygens (including phenoxy) is 1. The molecule has 2 rings (SSSR count). The number of hydrogen-bond acceptors (Lipinski definition) is 5. The summed E-state index contributed by atoms with van der Waals surface area (Å²) in [6.07, 6.45) is 1.52. The largest absolute Gasteiger partial charge is 0.465 e. The molecule has 0 radical (unpaired) electrons. The average molecular weight is 177 g/mol. The van der Waals surface area contributed by atoms with Gasteiger partial charge in [0.2, 0.25) is 0 Å². The van der Waals surface area contributed by atoms with Crippen LogP contribution in [0.2, 0.25) is 0 Å². The maximum atomic E-state index is 11.2. The standard InChI is InChI=1S/C8H7N3O2/c1-13-8(12)5-2-3-9-7-6(5)10-4-11-7/h2-3H,4H2,1H3. The summed E-state index contributed by atoms with van der Waals surface area (Å²) in [4.78, 5) is 23.2. The SMILES string of the molecule is COC(=O)c1ccnc2c1=NCN=2. The molecule has 0 atom stereocenters. The minimum Gasteiger partial charge on any atom is -0.465 e. The van der Waals surface area contributed by atoms with Gasteiger partial charge in [0.05, 0.1) is 12.7 Å². The zero-order chi connectivity index (χ0) is 9.26. The van der Waals surface area contributed by atoms with Gasteiger partial charge in [-0.15, -0.1) is 0 Å². The van der Waals surface area contributed by atoms with E-state index in [9.17, 15) is 4.79 Å². The summed E-state index contributed by atoms with van der Waals surface area (Å²) < 4.78 is 4.59. The fraction of sp³-hybridized carbons (Fsp3) is 0.250. The molecule has 5 heteroatoms. The first-order valence-electron chi connectivity index (χ1n) is 3.75. The molecular weight excluding hydrogens is 170 g/mol. The summed E-state index contributed by atoms with van der Waals surface area (Å²) in [5.41, 5.74) is 0.941. The number of aromatic nitrogens is 1. The molecular formula is C8H7N3O2. The zero-order valence-electron chi connectivity index (χ0n) is 7.02. The number of esters is 1. The van der Waals surface area contributed by atoms with Crippen molar-refractivity contribution in [1.29, 1.82) is 0 Å². The van der Waals surface area contributed by atoms with E-state index in [4.69, 9.17) is 0 Å². The number of hydrogen-bond donors (Lipinski definition) is 0. The Balaban J connectivity index is 2.69. The summed E-state index contributed by atoms with van der Waals surface area (Å²) in [7, 11) is 1.33. The Morgan fingerprint density at radius 1 is 1.54 bits per heavy atom. The molecule has 1 aliphatic heterocycles. The van der Waals surface area contributed by atoms with Crippen molar-refractivity contribution in [2.45, 2.75) is 0 Å². The van der Waals surface area contributed by atoms with Gasteiger partial charge in [-0.25, -0.2) is 14.8 Å². The van der Waals surface area contributed by atoms with Crippen LogP contribution >= 0.6 is 0 Å². The molecule has 0 aromatic carbocycles. The zero-order valence-corrected chi connectivity index (χ0v) is 7.02. The monoisotopic (exact) mass is 177 g/mol. The van der Waals surface area contributed by atoms with Crippen LogP contribution in [0.1, 0.15) is 10.4 Å². The Kier molecular flexibility index (Phi) is 1.77. The van der Waals surface area contributed by atoms with Crippen LogP contribution in [0.4, 0.5) is 0 Å². The molecule has 0 amide bonds. The molecule has 1 aromatic heterocycles. The van der Waals surface area contributed by atoms with Crippen LogP contribution < -0.4 is 10.8 Å². The van der Waals surface area contributed by atoms with E-state index in [2.05, 4.69) is 19.7 Å². The Labute approximate surface area is 73.8 Å². The van der Waals surface area contributed by atoms with Crippen LogP contribution in [-0.2, 0) is 4.74 Å². The summed E-state index contributed by atoms with van der Waals surface area (Å²) in [5, 5.41) is 0.536. The lowest BCUT2D eigenvalue weighted by atomic mass is 10.2. The van der Waals surface area contributed by atoms with Crippen LogP contribution in [0.3, 0.4) is 0 Å². The van der Waals surface area contributed by atoms with E-state index in [1.165, 1.54) is 13.3 Å². The van der Waals surface area contributed by atoms with Crippen LogP contribution in [0, 0.1) is 0 Å². The third-order valence-corrected chi connectivity index (χ3v) is 1.76. The highest BCUT2D eigenvalue weighted by Gasteiger charge is 2.11. The second-order valence-electron chi connectivity index (χ2n) is 2.48. The van der Waals surface area contributed by atoms with E-state index in [0.717, 1.165) is 0 Å². The van der Waals surface area contributed by atoms with Gasteiger partial charge in [0.25, 0.3) is 0 Å². The second-order valence-corrected chi connectivity index (χ2v) is 2.48.